The van der Waals surface area contributed by atoms with Gasteiger partial charge in [-0.1, -0.05) is 13.3 Å². The van der Waals surface area contributed by atoms with Crippen molar-refractivity contribution in [2.24, 2.45) is 5.10 Å². The Kier molecular flexibility index (Phi) is 5.01. The summed E-state index contributed by atoms with van der Waals surface area (Å²) in [6.07, 6.45) is 3.66. The van der Waals surface area contributed by atoms with Crippen molar-refractivity contribution in [2.45, 2.75) is 44.9 Å². The molecule has 1 fully saturated rings. The number of carbonyl (C=O) groups excluding carboxylic acids is 2. The lowest BCUT2D eigenvalue weighted by atomic mass is 10.0. The average Bonchev–Trinajstić information content (AvgIpc) is 2.79. The summed E-state index contributed by atoms with van der Waals surface area (Å²) in [5.41, 5.74) is 3.68. The van der Waals surface area contributed by atoms with E-state index < -0.39 is 0 Å². The Labute approximate surface area is 145 Å². The third-order valence-corrected chi connectivity index (χ3v) is 4.77. The largest absolute Gasteiger partial charge is 0.507 e. The first-order chi connectivity index (χ1) is 12.0. The van der Waals surface area contributed by atoms with E-state index in [1.165, 1.54) is 12.1 Å². The van der Waals surface area contributed by atoms with E-state index in [-0.39, 0.29) is 35.8 Å². The van der Waals surface area contributed by atoms with Crippen LogP contribution in [0.4, 0.5) is 4.39 Å². The zero-order valence-electron chi connectivity index (χ0n) is 14.2. The van der Waals surface area contributed by atoms with Crippen molar-refractivity contribution in [3.8, 4) is 5.75 Å². The SMILES string of the molecule is C[C@@H]1C/C(=N\NC(=O)CN2CCCCCC2=O)c2c(O)ccc(F)c21. The molecule has 1 aliphatic heterocycles. The van der Waals surface area contributed by atoms with Crippen LogP contribution in [0.2, 0.25) is 0 Å². The van der Waals surface area contributed by atoms with E-state index in [9.17, 15) is 19.1 Å². The highest BCUT2D eigenvalue weighted by Crippen LogP contribution is 2.39. The number of hydrazone groups is 1. The van der Waals surface area contributed by atoms with Crippen LogP contribution in [0.3, 0.4) is 0 Å². The van der Waals surface area contributed by atoms with Crippen molar-refractivity contribution >= 4 is 17.5 Å². The van der Waals surface area contributed by atoms with E-state index in [1.54, 1.807) is 4.90 Å². The molecule has 1 saturated heterocycles. The molecule has 134 valence electrons. The minimum Gasteiger partial charge on any atom is -0.507 e. The summed E-state index contributed by atoms with van der Waals surface area (Å²) in [5, 5.41) is 14.1. The monoisotopic (exact) mass is 347 g/mol. The predicted octanol–water partition coefficient (Wildman–Crippen LogP) is 2.26. The first-order valence-corrected chi connectivity index (χ1v) is 8.62. The van der Waals surface area contributed by atoms with Gasteiger partial charge in [-0.25, -0.2) is 9.82 Å². The molecule has 3 rings (SSSR count). The lowest BCUT2D eigenvalue weighted by Gasteiger charge is -2.19. The van der Waals surface area contributed by atoms with Crippen LogP contribution in [-0.4, -0.2) is 40.6 Å². The maximum Gasteiger partial charge on any atom is 0.259 e. The maximum absolute atomic E-state index is 14.0. The number of benzene rings is 1. The van der Waals surface area contributed by atoms with Crippen molar-refractivity contribution in [1.29, 1.82) is 0 Å². The third kappa shape index (κ3) is 3.65. The van der Waals surface area contributed by atoms with Gasteiger partial charge in [0.15, 0.2) is 0 Å². The number of phenols is 1. The summed E-state index contributed by atoms with van der Waals surface area (Å²) >= 11 is 0. The number of halogens is 1. The van der Waals surface area contributed by atoms with E-state index in [4.69, 9.17) is 0 Å². The molecule has 6 nitrogen and oxygen atoms in total. The fourth-order valence-electron chi connectivity index (χ4n) is 3.51. The van der Waals surface area contributed by atoms with Crippen LogP contribution in [0.25, 0.3) is 0 Å². The Morgan fingerprint density at radius 1 is 1.40 bits per heavy atom. The lowest BCUT2D eigenvalue weighted by Crippen LogP contribution is -2.39. The Hall–Kier alpha value is -2.44. The minimum absolute atomic E-state index is 0.0140. The Bertz CT molecular complexity index is 733. The first-order valence-electron chi connectivity index (χ1n) is 8.62. The van der Waals surface area contributed by atoms with Crippen molar-refractivity contribution in [1.82, 2.24) is 10.3 Å². The van der Waals surface area contributed by atoms with Crippen molar-refractivity contribution in [3.63, 3.8) is 0 Å². The molecule has 0 spiro atoms. The summed E-state index contributed by atoms with van der Waals surface area (Å²) in [6, 6.07) is 2.52. The quantitative estimate of drug-likeness (QED) is 0.823. The van der Waals surface area contributed by atoms with Gasteiger partial charge in [0.05, 0.1) is 5.71 Å². The van der Waals surface area contributed by atoms with Gasteiger partial charge in [-0.3, -0.25) is 9.59 Å². The molecule has 1 aliphatic carbocycles. The number of nitrogens with one attached hydrogen (secondary N) is 1. The number of rotatable bonds is 3. The number of aromatic hydroxyl groups is 1. The van der Waals surface area contributed by atoms with Crippen molar-refractivity contribution in [3.05, 3.63) is 29.1 Å². The van der Waals surface area contributed by atoms with Crippen LogP contribution < -0.4 is 5.43 Å². The standard InChI is InChI=1S/C18H22FN3O3/c1-11-9-13(18-14(23)7-6-12(19)17(11)18)20-21-15(24)10-22-8-4-2-3-5-16(22)25/h6-7,11,23H,2-5,8-10H2,1H3,(H,21,24)/b20-13+/t11-/m1/s1. The molecule has 7 heteroatoms. The topological polar surface area (TPSA) is 82.0 Å². The van der Waals surface area contributed by atoms with Crippen molar-refractivity contribution in [2.75, 3.05) is 13.1 Å². The van der Waals surface area contributed by atoms with E-state index in [0.29, 0.717) is 36.2 Å². The summed E-state index contributed by atoms with van der Waals surface area (Å²) in [6.45, 7) is 2.39. The second-order valence-corrected chi connectivity index (χ2v) is 6.68. The molecule has 1 atom stereocenters. The van der Waals surface area contributed by atoms with Gasteiger partial charge in [0.25, 0.3) is 5.91 Å². The zero-order chi connectivity index (χ0) is 18.0. The maximum atomic E-state index is 14.0. The van der Waals surface area contributed by atoms with Crippen LogP contribution in [-0.2, 0) is 9.59 Å². The van der Waals surface area contributed by atoms with Gasteiger partial charge >= 0.3 is 0 Å². The second kappa shape index (κ2) is 7.21. The van der Waals surface area contributed by atoms with Gasteiger partial charge in [0.2, 0.25) is 5.91 Å². The van der Waals surface area contributed by atoms with E-state index in [0.717, 1.165) is 19.3 Å². The number of amides is 2. The molecule has 0 unspecified atom stereocenters. The van der Waals surface area contributed by atoms with Crippen LogP contribution in [0, 0.1) is 5.82 Å². The summed E-state index contributed by atoms with van der Waals surface area (Å²) in [5.74, 6) is -0.951. The van der Waals surface area contributed by atoms with Crippen LogP contribution >= 0.6 is 0 Å². The molecule has 1 heterocycles. The van der Waals surface area contributed by atoms with Crippen LogP contribution in [0.5, 0.6) is 5.75 Å². The molecular weight excluding hydrogens is 325 g/mol. The number of phenolic OH excluding ortho intramolecular Hbond substituents is 1. The molecule has 2 amide bonds. The summed E-state index contributed by atoms with van der Waals surface area (Å²) < 4.78 is 14.0. The molecular formula is C18H22FN3O3. The number of hydrogen-bond acceptors (Lipinski definition) is 4. The van der Waals surface area contributed by atoms with Gasteiger partial charge < -0.3 is 10.0 Å². The van der Waals surface area contributed by atoms with E-state index in [1.807, 2.05) is 6.92 Å². The summed E-state index contributed by atoms with van der Waals surface area (Å²) in [4.78, 5) is 25.6. The van der Waals surface area contributed by atoms with Gasteiger partial charge in [0, 0.05) is 24.1 Å². The summed E-state index contributed by atoms with van der Waals surface area (Å²) in [7, 11) is 0. The van der Waals surface area contributed by atoms with Crippen molar-refractivity contribution < 1.29 is 19.1 Å². The smallest absolute Gasteiger partial charge is 0.259 e. The van der Waals surface area contributed by atoms with Crippen LogP contribution in [0.15, 0.2) is 17.2 Å². The Balaban J connectivity index is 1.70. The number of fused-ring (bicyclic) bond motifs is 1. The van der Waals surface area contributed by atoms with E-state index in [2.05, 4.69) is 10.5 Å². The molecule has 0 saturated carbocycles. The highest BCUT2D eigenvalue weighted by atomic mass is 19.1. The fourth-order valence-corrected chi connectivity index (χ4v) is 3.51. The highest BCUT2D eigenvalue weighted by Gasteiger charge is 2.31. The highest BCUT2D eigenvalue weighted by molar-refractivity contribution is 6.07. The van der Waals surface area contributed by atoms with Gasteiger partial charge in [0.1, 0.15) is 18.1 Å². The van der Waals surface area contributed by atoms with Gasteiger partial charge in [-0.15, -0.1) is 0 Å². The predicted molar refractivity (Wildman–Crippen MR) is 90.8 cm³/mol. The molecule has 0 aromatic heterocycles. The van der Waals surface area contributed by atoms with Crippen LogP contribution in [0.1, 0.15) is 56.1 Å². The third-order valence-electron chi connectivity index (χ3n) is 4.77. The molecule has 2 aliphatic rings. The first kappa shape index (κ1) is 17.4. The second-order valence-electron chi connectivity index (χ2n) is 6.68. The van der Waals surface area contributed by atoms with Gasteiger partial charge in [-0.2, -0.15) is 5.10 Å². The number of carbonyl (C=O) groups is 2. The van der Waals surface area contributed by atoms with Gasteiger partial charge in [-0.05, 0) is 37.3 Å². The fraction of sp³-hybridized carbons (Fsp3) is 0.500. The molecule has 0 bridgehead atoms. The normalized spacial score (nSPS) is 22.0. The molecule has 1 aromatic carbocycles. The number of nitrogens with zero attached hydrogens (tertiary/aromatic N) is 2. The molecule has 1 aromatic rings. The molecule has 25 heavy (non-hydrogen) atoms. The number of hydrogen-bond donors (Lipinski definition) is 2. The molecule has 0 radical (unpaired) electrons. The Morgan fingerprint density at radius 3 is 3.00 bits per heavy atom. The number of likely N-dealkylation sites (tertiary alicyclic amines) is 1. The lowest BCUT2D eigenvalue weighted by molar-refractivity contribution is -0.135. The average molecular weight is 347 g/mol. The zero-order valence-corrected chi connectivity index (χ0v) is 14.2. The minimum atomic E-state index is -0.389. The van der Waals surface area contributed by atoms with E-state index >= 15 is 0 Å². The molecule has 2 N–H and O–H groups in total. The Morgan fingerprint density at radius 2 is 2.20 bits per heavy atom.